The fourth-order valence-corrected chi connectivity index (χ4v) is 2.29. The molecule has 0 aliphatic heterocycles. The maximum absolute atomic E-state index is 14.2. The maximum Gasteiger partial charge on any atom is 0.167 e. The van der Waals surface area contributed by atoms with Crippen molar-refractivity contribution in [3.05, 3.63) is 58.9 Å². The molecule has 21 heavy (non-hydrogen) atoms. The van der Waals surface area contributed by atoms with Gasteiger partial charge in [-0.15, -0.1) is 0 Å². The zero-order valence-corrected chi connectivity index (χ0v) is 11.7. The van der Waals surface area contributed by atoms with Gasteiger partial charge in [-0.2, -0.15) is 0 Å². The number of rotatable bonds is 4. The van der Waals surface area contributed by atoms with Gasteiger partial charge in [0, 0.05) is 23.7 Å². The fraction of sp³-hybridized carbons (Fsp3) is 0.294. The summed E-state index contributed by atoms with van der Waals surface area (Å²) in [5, 5.41) is 3.29. The molecule has 1 saturated carbocycles. The molecule has 0 aromatic heterocycles. The van der Waals surface area contributed by atoms with E-state index in [9.17, 15) is 13.2 Å². The van der Waals surface area contributed by atoms with Gasteiger partial charge in [-0.05, 0) is 37.0 Å². The minimum Gasteiger partial charge on any atom is -0.310 e. The number of hydrogen-bond donors (Lipinski definition) is 1. The van der Waals surface area contributed by atoms with Gasteiger partial charge in [-0.1, -0.05) is 24.3 Å². The van der Waals surface area contributed by atoms with E-state index in [1.165, 1.54) is 31.2 Å². The van der Waals surface area contributed by atoms with Crippen LogP contribution in [0.1, 0.15) is 24.0 Å². The highest BCUT2D eigenvalue weighted by atomic mass is 19.2. The van der Waals surface area contributed by atoms with E-state index in [1.54, 1.807) is 6.07 Å². The molecule has 3 rings (SSSR count). The minimum absolute atomic E-state index is 0.0442. The quantitative estimate of drug-likeness (QED) is 0.884. The molecule has 0 radical (unpaired) electrons. The van der Waals surface area contributed by atoms with Crippen molar-refractivity contribution in [1.29, 1.82) is 0 Å². The molecule has 0 spiro atoms. The summed E-state index contributed by atoms with van der Waals surface area (Å²) >= 11 is 0. The topological polar surface area (TPSA) is 12.0 Å². The van der Waals surface area contributed by atoms with Crippen LogP contribution >= 0.6 is 0 Å². The molecule has 0 heterocycles. The molecule has 2 aromatic carbocycles. The maximum atomic E-state index is 14.2. The largest absolute Gasteiger partial charge is 0.310 e. The first kappa shape index (κ1) is 14.1. The van der Waals surface area contributed by atoms with Crippen molar-refractivity contribution in [2.75, 3.05) is 0 Å². The van der Waals surface area contributed by atoms with E-state index in [4.69, 9.17) is 0 Å². The second kappa shape index (κ2) is 5.53. The Morgan fingerprint density at radius 2 is 1.71 bits per heavy atom. The molecule has 2 aromatic rings. The lowest BCUT2D eigenvalue weighted by Crippen LogP contribution is -2.15. The molecule has 0 atom stereocenters. The lowest BCUT2D eigenvalue weighted by Gasteiger charge is -2.09. The Bertz CT molecular complexity index is 678. The van der Waals surface area contributed by atoms with Crippen molar-refractivity contribution in [2.45, 2.75) is 32.4 Å². The average Bonchev–Trinajstić information content (AvgIpc) is 3.28. The zero-order chi connectivity index (χ0) is 15.0. The van der Waals surface area contributed by atoms with E-state index in [1.807, 2.05) is 0 Å². The third-order valence-electron chi connectivity index (χ3n) is 3.77. The van der Waals surface area contributed by atoms with E-state index >= 15 is 0 Å². The Morgan fingerprint density at radius 3 is 2.38 bits per heavy atom. The first-order chi connectivity index (χ1) is 10.1. The van der Waals surface area contributed by atoms with Gasteiger partial charge in [-0.3, -0.25) is 0 Å². The summed E-state index contributed by atoms with van der Waals surface area (Å²) in [5.74, 6) is -2.46. The zero-order valence-electron chi connectivity index (χ0n) is 11.7. The number of benzene rings is 2. The highest BCUT2D eigenvalue weighted by Gasteiger charge is 2.20. The lowest BCUT2D eigenvalue weighted by molar-refractivity contribution is 0.504. The highest BCUT2D eigenvalue weighted by Crippen LogP contribution is 2.29. The van der Waals surface area contributed by atoms with Crippen molar-refractivity contribution in [1.82, 2.24) is 5.32 Å². The van der Waals surface area contributed by atoms with Gasteiger partial charge in [0.15, 0.2) is 11.6 Å². The van der Waals surface area contributed by atoms with E-state index in [0.29, 0.717) is 12.6 Å². The first-order valence-corrected chi connectivity index (χ1v) is 7.03. The van der Waals surface area contributed by atoms with Gasteiger partial charge in [-0.25, -0.2) is 13.2 Å². The second-order valence-electron chi connectivity index (χ2n) is 5.53. The standard InChI is InChI=1S/C17H16F3N/c1-10-2-6-14(17(20)16(10)19)13-7-3-11(8-15(13)18)9-21-12-4-5-12/h2-3,6-8,12,21H,4-5,9H2,1H3. The summed E-state index contributed by atoms with van der Waals surface area (Å²) in [6.07, 6.45) is 2.32. The van der Waals surface area contributed by atoms with Gasteiger partial charge >= 0.3 is 0 Å². The van der Waals surface area contributed by atoms with Crippen LogP contribution in [-0.4, -0.2) is 6.04 Å². The number of hydrogen-bond acceptors (Lipinski definition) is 1. The molecule has 0 bridgehead atoms. The Morgan fingerprint density at radius 1 is 1.00 bits per heavy atom. The summed E-state index contributed by atoms with van der Waals surface area (Å²) in [7, 11) is 0. The van der Waals surface area contributed by atoms with Crippen LogP contribution in [0.3, 0.4) is 0 Å². The van der Waals surface area contributed by atoms with E-state index in [-0.39, 0.29) is 16.7 Å². The van der Waals surface area contributed by atoms with Crippen molar-refractivity contribution in [2.24, 2.45) is 0 Å². The molecule has 1 nitrogen and oxygen atoms in total. The van der Waals surface area contributed by atoms with Gasteiger partial charge in [0.25, 0.3) is 0 Å². The van der Waals surface area contributed by atoms with Crippen LogP contribution in [0.4, 0.5) is 13.2 Å². The number of aryl methyl sites for hydroxylation is 1. The predicted molar refractivity (Wildman–Crippen MR) is 76.4 cm³/mol. The van der Waals surface area contributed by atoms with Gasteiger partial charge < -0.3 is 5.32 Å². The number of nitrogens with one attached hydrogen (secondary N) is 1. The third-order valence-corrected chi connectivity index (χ3v) is 3.77. The second-order valence-corrected chi connectivity index (χ2v) is 5.53. The van der Waals surface area contributed by atoms with Crippen LogP contribution in [0.15, 0.2) is 30.3 Å². The normalized spacial score (nSPS) is 14.5. The molecule has 110 valence electrons. The van der Waals surface area contributed by atoms with E-state index < -0.39 is 17.5 Å². The van der Waals surface area contributed by atoms with Crippen molar-refractivity contribution < 1.29 is 13.2 Å². The molecule has 1 aliphatic rings. The van der Waals surface area contributed by atoms with Crippen molar-refractivity contribution in [3.63, 3.8) is 0 Å². The van der Waals surface area contributed by atoms with Crippen molar-refractivity contribution in [3.8, 4) is 11.1 Å². The monoisotopic (exact) mass is 291 g/mol. The van der Waals surface area contributed by atoms with E-state index in [2.05, 4.69) is 5.32 Å². The molecule has 4 heteroatoms. The molecule has 0 unspecified atom stereocenters. The summed E-state index contributed by atoms with van der Waals surface area (Å²) < 4.78 is 41.7. The highest BCUT2D eigenvalue weighted by molar-refractivity contribution is 5.65. The smallest absolute Gasteiger partial charge is 0.167 e. The van der Waals surface area contributed by atoms with Crippen LogP contribution in [0.2, 0.25) is 0 Å². The molecular weight excluding hydrogens is 275 g/mol. The van der Waals surface area contributed by atoms with Crippen LogP contribution in [0, 0.1) is 24.4 Å². The van der Waals surface area contributed by atoms with Crippen LogP contribution in [0.5, 0.6) is 0 Å². The SMILES string of the molecule is Cc1ccc(-c2ccc(CNC3CC3)cc2F)c(F)c1F. The molecule has 1 fully saturated rings. The molecule has 1 aliphatic carbocycles. The lowest BCUT2D eigenvalue weighted by atomic mass is 10.0. The fourth-order valence-electron chi connectivity index (χ4n) is 2.29. The summed E-state index contributed by atoms with van der Waals surface area (Å²) in [5.41, 5.74) is 1.05. The third kappa shape index (κ3) is 2.95. The summed E-state index contributed by atoms with van der Waals surface area (Å²) in [6.45, 7) is 2.07. The Hall–Kier alpha value is -1.81. The Balaban J connectivity index is 1.89. The van der Waals surface area contributed by atoms with Gasteiger partial charge in [0.05, 0.1) is 0 Å². The van der Waals surface area contributed by atoms with Crippen LogP contribution in [-0.2, 0) is 6.54 Å². The summed E-state index contributed by atoms with van der Waals surface area (Å²) in [6, 6.07) is 8.03. The molecule has 1 N–H and O–H groups in total. The molecular formula is C17H16F3N. The first-order valence-electron chi connectivity index (χ1n) is 7.03. The molecule has 0 saturated heterocycles. The van der Waals surface area contributed by atoms with Gasteiger partial charge in [0.1, 0.15) is 5.82 Å². The number of halogens is 3. The van der Waals surface area contributed by atoms with Crippen molar-refractivity contribution >= 4 is 0 Å². The predicted octanol–water partition coefficient (Wildman–Crippen LogP) is 4.33. The molecule has 0 amide bonds. The van der Waals surface area contributed by atoms with Gasteiger partial charge in [0.2, 0.25) is 0 Å². The Labute approximate surface area is 121 Å². The van der Waals surface area contributed by atoms with Crippen LogP contribution < -0.4 is 5.32 Å². The van der Waals surface area contributed by atoms with Crippen LogP contribution in [0.25, 0.3) is 11.1 Å². The minimum atomic E-state index is -1.00. The Kier molecular flexibility index (Phi) is 3.72. The average molecular weight is 291 g/mol. The van der Waals surface area contributed by atoms with E-state index in [0.717, 1.165) is 18.4 Å². The summed E-state index contributed by atoms with van der Waals surface area (Å²) in [4.78, 5) is 0.